The van der Waals surface area contributed by atoms with E-state index < -0.39 is 61.7 Å². The lowest BCUT2D eigenvalue weighted by Gasteiger charge is -2.24. The molecule has 57 heavy (non-hydrogen) atoms. The Morgan fingerprint density at radius 1 is 0.439 bits per heavy atom. The average Bonchev–Trinajstić information content (AvgIpc) is 3.15. The maximum atomic E-state index is 12.1. The number of carbonyl (C=O) groups is 3. The Kier molecular flexibility index (Phi) is 21.9. The van der Waals surface area contributed by atoms with Crippen molar-refractivity contribution < 1.29 is 53.8 Å². The summed E-state index contributed by atoms with van der Waals surface area (Å²) >= 11 is 9.51. The molecule has 0 fully saturated rings. The molecule has 0 spiro atoms. The monoisotopic (exact) mass is 1040 g/mol. The molecule has 0 heterocycles. The van der Waals surface area contributed by atoms with Crippen molar-refractivity contribution in [2.75, 3.05) is 34.8 Å². The summed E-state index contributed by atoms with van der Waals surface area (Å²) in [6.07, 6.45) is 3.71. The zero-order valence-electron chi connectivity index (χ0n) is 32.8. The van der Waals surface area contributed by atoms with Crippen LogP contribution in [0.4, 0.5) is 0 Å². The number of ether oxygens (including phenoxy) is 3. The molecule has 0 saturated carbocycles. The number of sulfone groups is 3. The van der Waals surface area contributed by atoms with E-state index in [1.54, 1.807) is 0 Å². The maximum absolute atomic E-state index is 12.1. The van der Waals surface area contributed by atoms with E-state index in [1.165, 1.54) is 20.8 Å². The topological polar surface area (TPSA) is 181 Å². The van der Waals surface area contributed by atoms with Crippen molar-refractivity contribution in [3.63, 3.8) is 0 Å². The molecule has 0 saturated heterocycles. The van der Waals surface area contributed by atoms with Crippen molar-refractivity contribution in [3.8, 4) is 0 Å². The first-order valence-corrected chi connectivity index (χ1v) is 26.4. The SMILES string of the molecule is CC(CCBr)(C(=O)OCc1ccccc1)S(C)(=O)=O.C[C@@](CCBr)(C(=O)OCc1ccccc1)S(C)(=O)=O.C[C@](CCBr)(C(=O)OCc1ccccc1)S(C)(=O)=O. The van der Waals surface area contributed by atoms with Crippen LogP contribution in [-0.2, 0) is 77.9 Å². The predicted octanol–water partition coefficient (Wildman–Crippen LogP) is 6.95. The molecule has 0 aliphatic carbocycles. The quantitative estimate of drug-likeness (QED) is 0.0728. The van der Waals surface area contributed by atoms with Crippen LogP contribution in [-0.4, -0.2) is 92.2 Å². The second kappa shape index (κ2) is 23.8. The summed E-state index contributed by atoms with van der Waals surface area (Å²) in [4.78, 5) is 36.2. The fraction of sp³-hybridized carbons (Fsp3) is 0.462. The van der Waals surface area contributed by atoms with Gasteiger partial charge in [0.1, 0.15) is 19.8 Å². The van der Waals surface area contributed by atoms with E-state index in [4.69, 9.17) is 14.2 Å². The smallest absolute Gasteiger partial charge is 0.327 e. The average molecular weight is 1050 g/mol. The zero-order chi connectivity index (χ0) is 43.6. The molecule has 3 rings (SSSR count). The maximum Gasteiger partial charge on any atom is 0.327 e. The Balaban J connectivity index is 0.000000427. The fourth-order valence-corrected chi connectivity index (χ4v) is 10.2. The van der Waals surface area contributed by atoms with Crippen molar-refractivity contribution in [1.29, 1.82) is 0 Å². The van der Waals surface area contributed by atoms with Gasteiger partial charge in [-0.05, 0) is 56.7 Å². The summed E-state index contributed by atoms with van der Waals surface area (Å²) in [6, 6.07) is 27.4. The molecule has 3 atom stereocenters. The predicted molar refractivity (Wildman–Crippen MR) is 234 cm³/mol. The van der Waals surface area contributed by atoms with E-state index in [1.807, 2.05) is 91.0 Å². The standard InChI is InChI=1S/3C13H17BrO4S/c3*1-13(8-9-14,19(2,16)17)12(15)18-10-11-6-4-3-5-7-11/h3*3-7H,8-10H2,1-2H3/t2*13-;/m10./s1. The molecule has 0 N–H and O–H groups in total. The molecule has 12 nitrogen and oxygen atoms in total. The van der Waals surface area contributed by atoms with Crippen LogP contribution in [0.15, 0.2) is 91.0 Å². The number of rotatable bonds is 18. The number of carbonyl (C=O) groups excluding carboxylic acids is 3. The van der Waals surface area contributed by atoms with Crippen LogP contribution in [0.5, 0.6) is 0 Å². The number of hydrogen-bond acceptors (Lipinski definition) is 12. The van der Waals surface area contributed by atoms with Crippen LogP contribution in [0.3, 0.4) is 0 Å². The van der Waals surface area contributed by atoms with Crippen molar-refractivity contribution in [2.45, 2.75) is 74.1 Å². The van der Waals surface area contributed by atoms with Crippen LogP contribution in [0, 0.1) is 0 Å². The van der Waals surface area contributed by atoms with Crippen molar-refractivity contribution in [3.05, 3.63) is 108 Å². The van der Waals surface area contributed by atoms with Crippen molar-refractivity contribution in [2.24, 2.45) is 0 Å². The number of hydrogen-bond donors (Lipinski definition) is 0. The van der Waals surface area contributed by atoms with Crippen LogP contribution < -0.4 is 0 Å². The Hall–Kier alpha value is -2.64. The summed E-state index contributed by atoms with van der Waals surface area (Å²) in [6.45, 7) is 4.43. The normalized spacial score (nSPS) is 14.7. The van der Waals surface area contributed by atoms with Gasteiger partial charge >= 0.3 is 17.9 Å². The summed E-state index contributed by atoms with van der Waals surface area (Å²) in [7, 11) is -10.6. The van der Waals surface area contributed by atoms with Gasteiger partial charge in [0, 0.05) is 34.8 Å². The molecule has 0 aliphatic rings. The first kappa shape index (κ1) is 52.4. The molecule has 0 amide bonds. The van der Waals surface area contributed by atoms with Gasteiger partial charge in [-0.2, -0.15) is 0 Å². The number of esters is 3. The van der Waals surface area contributed by atoms with Gasteiger partial charge in [-0.15, -0.1) is 0 Å². The van der Waals surface area contributed by atoms with E-state index in [0.717, 1.165) is 35.5 Å². The molecule has 0 bridgehead atoms. The second-order valence-electron chi connectivity index (χ2n) is 13.5. The molecule has 3 aromatic rings. The van der Waals surface area contributed by atoms with Gasteiger partial charge in [0.05, 0.1) is 0 Å². The van der Waals surface area contributed by atoms with Gasteiger partial charge in [-0.25, -0.2) is 25.3 Å². The third-order valence-corrected chi connectivity index (χ3v) is 16.3. The number of halogens is 3. The minimum atomic E-state index is -3.53. The van der Waals surface area contributed by atoms with E-state index in [9.17, 15) is 39.6 Å². The molecule has 3 aromatic carbocycles. The highest BCUT2D eigenvalue weighted by Crippen LogP contribution is 2.26. The largest absolute Gasteiger partial charge is 0.460 e. The number of benzene rings is 3. The third-order valence-electron chi connectivity index (χ3n) is 9.10. The van der Waals surface area contributed by atoms with Gasteiger partial charge in [0.15, 0.2) is 43.8 Å². The first-order valence-electron chi connectivity index (χ1n) is 17.3. The summed E-state index contributed by atoms with van der Waals surface area (Å²) in [5.74, 6) is -2.13. The van der Waals surface area contributed by atoms with Crippen LogP contribution >= 0.6 is 47.8 Å². The lowest BCUT2D eigenvalue weighted by Crippen LogP contribution is -2.44. The summed E-state index contributed by atoms with van der Waals surface area (Å²) < 4.78 is 81.5. The van der Waals surface area contributed by atoms with Gasteiger partial charge in [0.2, 0.25) is 0 Å². The molecule has 318 valence electrons. The van der Waals surface area contributed by atoms with E-state index in [-0.39, 0.29) is 39.1 Å². The van der Waals surface area contributed by atoms with Crippen LogP contribution in [0.2, 0.25) is 0 Å². The summed E-state index contributed by atoms with van der Waals surface area (Å²) in [5, 5.41) is 1.24. The Morgan fingerprint density at radius 3 is 0.789 bits per heavy atom. The molecule has 18 heteroatoms. The summed E-state index contributed by atoms with van der Waals surface area (Å²) in [5.41, 5.74) is 2.47. The van der Waals surface area contributed by atoms with Crippen molar-refractivity contribution in [1.82, 2.24) is 0 Å². The molecule has 0 aromatic heterocycles. The molecule has 0 radical (unpaired) electrons. The Bertz CT molecular complexity index is 1820. The second-order valence-corrected chi connectivity index (χ2v) is 23.2. The number of alkyl halides is 3. The molecule has 0 aliphatic heterocycles. The van der Waals surface area contributed by atoms with Gasteiger partial charge in [0.25, 0.3) is 0 Å². The van der Waals surface area contributed by atoms with Gasteiger partial charge in [-0.1, -0.05) is 139 Å². The zero-order valence-corrected chi connectivity index (χ0v) is 40.0. The Labute approximate surface area is 363 Å². The first-order chi connectivity index (χ1) is 26.4. The van der Waals surface area contributed by atoms with E-state index in [2.05, 4.69) is 47.8 Å². The minimum absolute atomic E-state index is 0.0765. The van der Waals surface area contributed by atoms with Crippen LogP contribution in [0.1, 0.15) is 56.7 Å². The molecular weight excluding hydrogens is 996 g/mol. The molecule has 1 unspecified atom stereocenters. The van der Waals surface area contributed by atoms with Gasteiger partial charge in [-0.3, -0.25) is 14.4 Å². The highest BCUT2D eigenvalue weighted by Gasteiger charge is 2.46. The van der Waals surface area contributed by atoms with E-state index in [0.29, 0.717) is 16.0 Å². The Morgan fingerprint density at radius 2 is 0.632 bits per heavy atom. The highest BCUT2D eigenvalue weighted by molar-refractivity contribution is 9.09. The lowest BCUT2D eigenvalue weighted by molar-refractivity contribution is -0.148. The van der Waals surface area contributed by atoms with Gasteiger partial charge < -0.3 is 14.2 Å². The van der Waals surface area contributed by atoms with Crippen molar-refractivity contribution >= 4 is 95.2 Å². The fourth-order valence-electron chi connectivity index (χ4n) is 4.48. The lowest BCUT2D eigenvalue weighted by atomic mass is 10.1. The molecular formula is C39H51Br3O12S3. The van der Waals surface area contributed by atoms with Crippen LogP contribution in [0.25, 0.3) is 0 Å². The van der Waals surface area contributed by atoms with E-state index >= 15 is 0 Å². The minimum Gasteiger partial charge on any atom is -0.460 e. The highest BCUT2D eigenvalue weighted by atomic mass is 79.9. The third kappa shape index (κ3) is 16.1.